The van der Waals surface area contributed by atoms with E-state index in [1.165, 1.54) is 0 Å². The highest BCUT2D eigenvalue weighted by Gasteiger charge is 2.29. The van der Waals surface area contributed by atoms with Gasteiger partial charge in [-0.1, -0.05) is 30.3 Å². The predicted molar refractivity (Wildman–Crippen MR) is 95.4 cm³/mol. The number of hydrogen-bond donors (Lipinski definition) is 1. The first-order valence-corrected chi connectivity index (χ1v) is 8.75. The van der Waals surface area contributed by atoms with E-state index in [1.807, 2.05) is 35.2 Å². The monoisotopic (exact) mass is 340 g/mol. The van der Waals surface area contributed by atoms with E-state index in [2.05, 4.69) is 5.32 Å². The molecule has 0 aliphatic carbocycles. The zero-order chi connectivity index (χ0) is 17.8. The maximum absolute atomic E-state index is 12.9. The largest absolute Gasteiger partial charge is 0.466 e. The molecule has 5 nitrogen and oxygen atoms in total. The van der Waals surface area contributed by atoms with Gasteiger partial charge in [0.15, 0.2) is 0 Å². The Morgan fingerprint density at radius 2 is 1.84 bits per heavy atom. The molecular weight excluding hydrogens is 316 g/mol. The fraction of sp³-hybridized carbons (Fsp3) is 0.400. The lowest BCUT2D eigenvalue weighted by Crippen LogP contribution is -2.49. The van der Waals surface area contributed by atoms with Gasteiger partial charge in [-0.15, -0.1) is 0 Å². The van der Waals surface area contributed by atoms with Crippen molar-refractivity contribution >= 4 is 11.8 Å². The highest BCUT2D eigenvalue weighted by Crippen LogP contribution is 2.16. The van der Waals surface area contributed by atoms with Gasteiger partial charge in [0.1, 0.15) is 17.6 Å². The number of benzene rings is 1. The van der Waals surface area contributed by atoms with E-state index in [0.29, 0.717) is 23.5 Å². The molecule has 1 aromatic carbocycles. The first-order chi connectivity index (χ1) is 12.0. The third-order valence-electron chi connectivity index (χ3n) is 4.59. The summed E-state index contributed by atoms with van der Waals surface area (Å²) in [4.78, 5) is 27.4. The number of aryl methyl sites for hydroxylation is 2. The van der Waals surface area contributed by atoms with Gasteiger partial charge >= 0.3 is 0 Å². The van der Waals surface area contributed by atoms with Gasteiger partial charge in [0.05, 0.1) is 5.56 Å². The molecule has 1 saturated heterocycles. The molecule has 1 atom stereocenters. The van der Waals surface area contributed by atoms with Crippen molar-refractivity contribution in [2.45, 2.75) is 39.2 Å². The Balaban J connectivity index is 1.78. The average Bonchev–Trinajstić information content (AvgIpc) is 3.24. The lowest BCUT2D eigenvalue weighted by atomic mass is 10.0. The van der Waals surface area contributed by atoms with Crippen LogP contribution in [0.5, 0.6) is 0 Å². The first kappa shape index (κ1) is 17.3. The summed E-state index contributed by atoms with van der Waals surface area (Å²) < 4.78 is 5.44. The summed E-state index contributed by atoms with van der Waals surface area (Å²) >= 11 is 0. The van der Waals surface area contributed by atoms with Crippen LogP contribution >= 0.6 is 0 Å². The fourth-order valence-corrected chi connectivity index (χ4v) is 3.30. The zero-order valence-corrected chi connectivity index (χ0v) is 14.7. The quantitative estimate of drug-likeness (QED) is 0.910. The van der Waals surface area contributed by atoms with Crippen LogP contribution in [-0.4, -0.2) is 35.8 Å². The SMILES string of the molecule is Cc1cc(C(=O)NC(Cc2ccccc2)C(=O)N2CCCC2)c(C)o1. The molecule has 0 bridgehead atoms. The van der Waals surface area contributed by atoms with Gasteiger partial charge in [-0.3, -0.25) is 9.59 Å². The topological polar surface area (TPSA) is 62.6 Å². The van der Waals surface area contributed by atoms with Crippen LogP contribution in [0.4, 0.5) is 0 Å². The van der Waals surface area contributed by atoms with E-state index in [0.717, 1.165) is 31.5 Å². The second-order valence-corrected chi connectivity index (χ2v) is 6.58. The molecule has 2 amide bonds. The molecule has 1 unspecified atom stereocenters. The van der Waals surface area contributed by atoms with Crippen LogP contribution in [0.1, 0.15) is 40.3 Å². The van der Waals surface area contributed by atoms with E-state index in [9.17, 15) is 9.59 Å². The van der Waals surface area contributed by atoms with Crippen molar-refractivity contribution < 1.29 is 14.0 Å². The minimum absolute atomic E-state index is 0.00688. The molecule has 1 fully saturated rings. The van der Waals surface area contributed by atoms with Crippen LogP contribution in [-0.2, 0) is 11.2 Å². The molecule has 0 saturated carbocycles. The van der Waals surface area contributed by atoms with Gasteiger partial charge in [-0.25, -0.2) is 0 Å². The highest BCUT2D eigenvalue weighted by molar-refractivity contribution is 5.98. The summed E-state index contributed by atoms with van der Waals surface area (Å²) in [7, 11) is 0. The van der Waals surface area contributed by atoms with E-state index in [-0.39, 0.29) is 11.8 Å². The van der Waals surface area contributed by atoms with Gasteiger partial charge in [0, 0.05) is 19.5 Å². The van der Waals surface area contributed by atoms with Crippen LogP contribution in [0.3, 0.4) is 0 Å². The van der Waals surface area contributed by atoms with Crippen molar-refractivity contribution in [1.29, 1.82) is 0 Å². The minimum Gasteiger partial charge on any atom is -0.466 e. The van der Waals surface area contributed by atoms with Crippen molar-refractivity contribution in [3.05, 3.63) is 59.0 Å². The van der Waals surface area contributed by atoms with Crippen LogP contribution in [0, 0.1) is 13.8 Å². The second kappa shape index (κ2) is 7.55. The maximum Gasteiger partial charge on any atom is 0.255 e. The number of amides is 2. The Morgan fingerprint density at radius 3 is 2.44 bits per heavy atom. The van der Waals surface area contributed by atoms with Gasteiger partial charge in [-0.05, 0) is 38.3 Å². The van der Waals surface area contributed by atoms with E-state index in [4.69, 9.17) is 4.42 Å². The third kappa shape index (κ3) is 4.10. The average molecular weight is 340 g/mol. The standard InChI is InChI=1S/C20H24N2O3/c1-14-12-17(15(2)25-14)19(23)21-18(13-16-8-4-3-5-9-16)20(24)22-10-6-7-11-22/h3-5,8-9,12,18H,6-7,10-11,13H2,1-2H3,(H,21,23). The maximum atomic E-state index is 12.9. The summed E-state index contributed by atoms with van der Waals surface area (Å²) in [5.41, 5.74) is 1.52. The van der Waals surface area contributed by atoms with Gasteiger partial charge in [0.2, 0.25) is 5.91 Å². The molecule has 1 aliphatic heterocycles. The van der Waals surface area contributed by atoms with Crippen molar-refractivity contribution in [1.82, 2.24) is 10.2 Å². The van der Waals surface area contributed by atoms with Crippen molar-refractivity contribution in [2.75, 3.05) is 13.1 Å². The van der Waals surface area contributed by atoms with Crippen molar-refractivity contribution in [3.63, 3.8) is 0 Å². The summed E-state index contributed by atoms with van der Waals surface area (Å²) in [6.45, 7) is 5.10. The van der Waals surface area contributed by atoms with Crippen molar-refractivity contribution in [3.8, 4) is 0 Å². The molecule has 132 valence electrons. The number of nitrogens with one attached hydrogen (secondary N) is 1. The molecule has 2 aromatic rings. The number of nitrogens with zero attached hydrogens (tertiary/aromatic N) is 1. The molecular formula is C20H24N2O3. The fourth-order valence-electron chi connectivity index (χ4n) is 3.30. The van der Waals surface area contributed by atoms with Crippen LogP contribution in [0.15, 0.2) is 40.8 Å². The van der Waals surface area contributed by atoms with Crippen LogP contribution < -0.4 is 5.32 Å². The Hall–Kier alpha value is -2.56. The molecule has 0 spiro atoms. The lowest BCUT2D eigenvalue weighted by Gasteiger charge is -2.24. The molecule has 2 heterocycles. The summed E-state index contributed by atoms with van der Waals surface area (Å²) in [6, 6.07) is 10.9. The first-order valence-electron chi connectivity index (χ1n) is 8.75. The van der Waals surface area contributed by atoms with E-state index < -0.39 is 6.04 Å². The lowest BCUT2D eigenvalue weighted by molar-refractivity contribution is -0.132. The number of furan rings is 1. The number of likely N-dealkylation sites (tertiary alicyclic amines) is 1. The summed E-state index contributed by atoms with van der Waals surface area (Å²) in [5, 5.41) is 2.92. The number of carbonyl (C=O) groups excluding carboxylic acids is 2. The predicted octanol–water partition coefficient (Wildman–Crippen LogP) is 2.86. The van der Waals surface area contributed by atoms with Crippen molar-refractivity contribution in [2.24, 2.45) is 0 Å². The number of rotatable bonds is 5. The molecule has 3 rings (SSSR count). The van der Waals surface area contributed by atoms with Gasteiger partial charge in [-0.2, -0.15) is 0 Å². The highest BCUT2D eigenvalue weighted by atomic mass is 16.3. The molecule has 1 N–H and O–H groups in total. The Kier molecular flexibility index (Phi) is 5.22. The number of carbonyl (C=O) groups is 2. The molecule has 0 radical (unpaired) electrons. The Morgan fingerprint density at radius 1 is 1.16 bits per heavy atom. The second-order valence-electron chi connectivity index (χ2n) is 6.58. The molecule has 25 heavy (non-hydrogen) atoms. The molecule has 1 aromatic heterocycles. The molecule has 5 heteroatoms. The van der Waals surface area contributed by atoms with Gasteiger partial charge < -0.3 is 14.6 Å². The number of hydrogen-bond acceptors (Lipinski definition) is 3. The van der Waals surface area contributed by atoms with Gasteiger partial charge in [0.25, 0.3) is 5.91 Å². The van der Waals surface area contributed by atoms with E-state index >= 15 is 0 Å². The zero-order valence-electron chi connectivity index (χ0n) is 14.7. The van der Waals surface area contributed by atoms with E-state index in [1.54, 1.807) is 19.9 Å². The summed E-state index contributed by atoms with van der Waals surface area (Å²) in [6.07, 6.45) is 2.54. The van der Waals surface area contributed by atoms with Crippen LogP contribution in [0.2, 0.25) is 0 Å². The van der Waals surface area contributed by atoms with Crippen LogP contribution in [0.25, 0.3) is 0 Å². The minimum atomic E-state index is -0.567. The normalized spacial score (nSPS) is 15.2. The molecule has 1 aliphatic rings. The smallest absolute Gasteiger partial charge is 0.255 e. The summed E-state index contributed by atoms with van der Waals surface area (Å²) in [5.74, 6) is 0.991. The Bertz CT molecular complexity index is 746. The Labute approximate surface area is 148 Å². The third-order valence-corrected chi connectivity index (χ3v) is 4.59.